The molecule has 0 aliphatic heterocycles. The van der Waals surface area contributed by atoms with Gasteiger partial charge in [0.1, 0.15) is 14.2 Å². The number of aliphatic hydroxyl groups excluding tert-OH is 1. The van der Waals surface area contributed by atoms with E-state index in [1.807, 2.05) is 36.7 Å². The molecule has 2 heterocycles. The van der Waals surface area contributed by atoms with Crippen molar-refractivity contribution < 1.29 is 24.2 Å². The Morgan fingerprint density at radius 3 is 1.95 bits per heavy atom. The average Bonchev–Trinajstić information content (AvgIpc) is 2.94. The molecule has 0 saturated carbocycles. The van der Waals surface area contributed by atoms with E-state index in [-0.39, 0.29) is 6.61 Å². The molecular formula is C30H40ClN5O3+2. The number of rotatable bonds is 15. The van der Waals surface area contributed by atoms with Crippen molar-refractivity contribution in [1.29, 1.82) is 0 Å². The highest BCUT2D eigenvalue weighted by atomic mass is 35.5. The van der Waals surface area contributed by atoms with Crippen LogP contribution in [-0.4, -0.2) is 63.6 Å². The number of aryl methyl sites for hydroxylation is 1. The van der Waals surface area contributed by atoms with Crippen LogP contribution in [0.25, 0.3) is 21.8 Å². The van der Waals surface area contributed by atoms with E-state index >= 15 is 0 Å². The number of nitrogens with zero attached hydrogens (tertiary/aromatic N) is 3. The zero-order valence-corrected chi connectivity index (χ0v) is 23.9. The van der Waals surface area contributed by atoms with E-state index in [1.165, 1.54) is 5.56 Å². The van der Waals surface area contributed by atoms with Crippen molar-refractivity contribution in [2.75, 3.05) is 64.2 Å². The highest BCUT2D eigenvalue weighted by Gasteiger charge is 2.16. The van der Waals surface area contributed by atoms with Crippen LogP contribution in [0.15, 0.2) is 60.9 Å². The number of hydrogen-bond donors (Lipinski definition) is 3. The molecule has 4 rings (SSSR count). The Morgan fingerprint density at radius 1 is 0.769 bits per heavy atom. The predicted octanol–water partition coefficient (Wildman–Crippen LogP) is 3.64. The summed E-state index contributed by atoms with van der Waals surface area (Å²) in [6, 6.07) is 16.3. The lowest BCUT2D eigenvalue weighted by Crippen LogP contribution is -2.41. The molecule has 208 valence electrons. The van der Waals surface area contributed by atoms with E-state index in [9.17, 15) is 5.11 Å². The quantitative estimate of drug-likeness (QED) is 0.154. The maximum Gasteiger partial charge on any atom is 0.268 e. The molecule has 8 nitrogen and oxygen atoms in total. The van der Waals surface area contributed by atoms with Gasteiger partial charge in [0.25, 0.3) is 11.0 Å². The minimum absolute atomic E-state index is 0.248. The molecule has 0 fully saturated rings. The molecule has 0 saturated heterocycles. The Morgan fingerprint density at radius 2 is 1.36 bits per heavy atom. The molecule has 0 aliphatic carbocycles. The van der Waals surface area contributed by atoms with Crippen molar-refractivity contribution in [3.05, 3.63) is 71.5 Å². The van der Waals surface area contributed by atoms with Crippen LogP contribution in [0.5, 0.6) is 0 Å². The molecule has 0 aliphatic rings. The van der Waals surface area contributed by atoms with Gasteiger partial charge in [0.2, 0.25) is 12.4 Å². The summed E-state index contributed by atoms with van der Waals surface area (Å²) >= 11 is 6.24. The second-order valence-electron chi connectivity index (χ2n) is 9.64. The molecule has 0 bridgehead atoms. The Labute approximate surface area is 235 Å². The van der Waals surface area contributed by atoms with E-state index in [4.69, 9.17) is 21.3 Å². The summed E-state index contributed by atoms with van der Waals surface area (Å²) in [5, 5.41) is 19.3. The van der Waals surface area contributed by atoms with E-state index in [2.05, 4.69) is 46.7 Å². The third-order valence-corrected chi connectivity index (χ3v) is 7.17. The summed E-state index contributed by atoms with van der Waals surface area (Å²) in [7, 11) is 3.32. The molecular weight excluding hydrogens is 514 g/mol. The van der Waals surface area contributed by atoms with Gasteiger partial charge in [-0.15, -0.1) is 0 Å². The predicted molar refractivity (Wildman–Crippen MR) is 157 cm³/mol. The minimum Gasteiger partial charge on any atom is -0.396 e. The zero-order chi connectivity index (χ0) is 27.6. The molecule has 9 heteroatoms. The van der Waals surface area contributed by atoms with Crippen LogP contribution in [0, 0.1) is 6.92 Å². The number of benzene rings is 2. The number of hydrogen-bond acceptors (Lipinski definition) is 6. The number of nitrogens with one attached hydrogen (secondary N) is 2. The second kappa shape index (κ2) is 14.2. The fourth-order valence-electron chi connectivity index (χ4n) is 4.87. The lowest BCUT2D eigenvalue weighted by Gasteiger charge is -2.23. The van der Waals surface area contributed by atoms with E-state index in [0.29, 0.717) is 5.02 Å². The maximum absolute atomic E-state index is 9.19. The normalized spacial score (nSPS) is 11.3. The van der Waals surface area contributed by atoms with Crippen LogP contribution in [0.3, 0.4) is 0 Å². The van der Waals surface area contributed by atoms with Gasteiger partial charge in [-0.1, -0.05) is 17.7 Å². The van der Waals surface area contributed by atoms with Crippen LogP contribution in [-0.2, 0) is 0 Å². The van der Waals surface area contributed by atoms with Gasteiger partial charge in [-0.25, -0.2) is 0 Å². The summed E-state index contributed by atoms with van der Waals surface area (Å²) in [6.07, 6.45) is 6.77. The van der Waals surface area contributed by atoms with E-state index in [1.54, 1.807) is 23.7 Å². The maximum atomic E-state index is 9.19. The molecule has 2 aromatic carbocycles. The standard InChI is InChI=1S/C30H38ClN5O3/c1-23-7-9-25-27(11-16-35(38-2)29(25)21-23)32-13-18-34(15-5-4-6-20-37)19-14-33-28-12-17-36(39-3)30-22-24(31)8-10-26(28)30/h7-12,16-17,21-22,37H,4-6,13-15,18-20H2,1-3H3/p+2. The van der Waals surface area contributed by atoms with E-state index < -0.39 is 0 Å². The van der Waals surface area contributed by atoms with Gasteiger partial charge in [0, 0.05) is 71.5 Å². The average molecular weight is 554 g/mol. The Balaban J connectivity index is 1.40. The smallest absolute Gasteiger partial charge is 0.268 e. The van der Waals surface area contributed by atoms with Gasteiger partial charge < -0.3 is 15.7 Å². The first-order valence-corrected chi connectivity index (χ1v) is 13.9. The summed E-state index contributed by atoms with van der Waals surface area (Å²) in [4.78, 5) is 13.4. The molecule has 0 amide bonds. The van der Waals surface area contributed by atoms with Crippen LogP contribution in [0.4, 0.5) is 11.4 Å². The van der Waals surface area contributed by atoms with Crippen molar-refractivity contribution in [2.24, 2.45) is 0 Å². The highest BCUT2D eigenvalue weighted by molar-refractivity contribution is 6.31. The summed E-state index contributed by atoms with van der Waals surface area (Å²) in [5.41, 5.74) is 5.29. The Bertz CT molecular complexity index is 1280. The fraction of sp³-hybridized carbons (Fsp3) is 0.400. The molecule has 2 aromatic heterocycles. The molecule has 3 N–H and O–H groups in total. The summed E-state index contributed by atoms with van der Waals surface area (Å²) in [5.74, 6) is 0. The van der Waals surface area contributed by atoms with Gasteiger partial charge in [0.15, 0.2) is 0 Å². The summed E-state index contributed by atoms with van der Waals surface area (Å²) < 4.78 is 3.51. The molecule has 0 radical (unpaired) electrons. The Kier molecular flexibility index (Phi) is 10.4. The van der Waals surface area contributed by atoms with Crippen molar-refractivity contribution in [1.82, 2.24) is 4.90 Å². The third kappa shape index (κ3) is 7.41. The number of unbranched alkanes of at least 4 members (excludes halogenated alkanes) is 2. The molecule has 0 unspecified atom stereocenters. The number of aromatic nitrogens is 2. The number of aliphatic hydroxyl groups is 1. The van der Waals surface area contributed by atoms with Gasteiger partial charge in [-0.2, -0.15) is 0 Å². The summed E-state index contributed by atoms with van der Waals surface area (Å²) in [6.45, 7) is 6.74. The highest BCUT2D eigenvalue weighted by Crippen LogP contribution is 2.24. The molecule has 39 heavy (non-hydrogen) atoms. The zero-order valence-electron chi connectivity index (χ0n) is 23.1. The number of halogens is 1. The SMILES string of the molecule is CO[n+]1ccc(NCCN(CCCCCO)CCNc2cc[n+](OC)c3cc(Cl)ccc23)c2ccc(C)cc21. The second-order valence-corrected chi connectivity index (χ2v) is 10.1. The van der Waals surface area contributed by atoms with Crippen molar-refractivity contribution in [2.45, 2.75) is 26.2 Å². The Hall–Kier alpha value is -3.33. The fourth-order valence-corrected chi connectivity index (χ4v) is 5.04. The van der Waals surface area contributed by atoms with E-state index in [0.717, 1.165) is 85.2 Å². The lowest BCUT2D eigenvalue weighted by molar-refractivity contribution is -0.865. The first-order valence-electron chi connectivity index (χ1n) is 13.5. The monoisotopic (exact) mass is 553 g/mol. The number of anilines is 2. The largest absolute Gasteiger partial charge is 0.396 e. The van der Waals surface area contributed by atoms with Gasteiger partial charge in [-0.05, 0) is 56.5 Å². The number of fused-ring (bicyclic) bond motifs is 2. The lowest BCUT2D eigenvalue weighted by atomic mass is 10.1. The minimum atomic E-state index is 0.248. The van der Waals surface area contributed by atoms with Crippen molar-refractivity contribution >= 4 is 44.8 Å². The first kappa shape index (κ1) is 28.7. The van der Waals surface area contributed by atoms with Crippen LogP contribution < -0.4 is 29.8 Å². The molecule has 0 spiro atoms. The topological polar surface area (TPSA) is 73.8 Å². The molecule has 4 aromatic rings. The molecule has 0 atom stereocenters. The van der Waals surface area contributed by atoms with Gasteiger partial charge in [0.05, 0.1) is 22.1 Å². The first-order chi connectivity index (χ1) is 19.0. The van der Waals surface area contributed by atoms with Crippen molar-refractivity contribution in [3.8, 4) is 0 Å². The van der Waals surface area contributed by atoms with Crippen LogP contribution in [0.2, 0.25) is 5.02 Å². The number of pyridine rings is 2. The van der Waals surface area contributed by atoms with Crippen molar-refractivity contribution in [3.63, 3.8) is 0 Å². The van der Waals surface area contributed by atoms with Crippen LogP contribution in [0.1, 0.15) is 24.8 Å². The third-order valence-electron chi connectivity index (χ3n) is 6.93. The van der Waals surface area contributed by atoms with Crippen LogP contribution >= 0.6 is 11.6 Å². The van der Waals surface area contributed by atoms with Gasteiger partial charge >= 0.3 is 0 Å². The van der Waals surface area contributed by atoms with Gasteiger partial charge in [-0.3, -0.25) is 14.6 Å².